The van der Waals surface area contributed by atoms with Crippen molar-refractivity contribution < 1.29 is 4.79 Å². The Kier molecular flexibility index (Phi) is 3.66. The first-order valence-corrected chi connectivity index (χ1v) is 7.70. The number of aromatic amines is 1. The van der Waals surface area contributed by atoms with Crippen molar-refractivity contribution in [3.8, 4) is 11.1 Å². The molecule has 0 bridgehead atoms. The summed E-state index contributed by atoms with van der Waals surface area (Å²) in [6.45, 7) is 1.81. The molecule has 0 aliphatic rings. The second-order valence-corrected chi connectivity index (χ2v) is 5.61. The van der Waals surface area contributed by atoms with Crippen LogP contribution in [0.25, 0.3) is 22.0 Å². The van der Waals surface area contributed by atoms with Gasteiger partial charge in [0.2, 0.25) is 0 Å². The van der Waals surface area contributed by atoms with Crippen LogP contribution in [0.5, 0.6) is 0 Å². The number of nitrogens with zero attached hydrogens (tertiary/aromatic N) is 4. The average molecular weight is 330 g/mol. The van der Waals surface area contributed by atoms with E-state index in [2.05, 4.69) is 30.7 Å². The Labute approximate surface area is 143 Å². The molecule has 0 radical (unpaired) electrons. The lowest BCUT2D eigenvalue weighted by Crippen LogP contribution is -2.13. The molecule has 0 aliphatic carbocycles. The normalized spacial score (nSPS) is 10.8. The van der Waals surface area contributed by atoms with Crippen molar-refractivity contribution in [2.45, 2.75) is 6.92 Å². The summed E-state index contributed by atoms with van der Waals surface area (Å²) < 4.78 is 0. The van der Waals surface area contributed by atoms with Crippen LogP contribution in [-0.2, 0) is 0 Å². The van der Waals surface area contributed by atoms with E-state index < -0.39 is 0 Å². The van der Waals surface area contributed by atoms with Crippen molar-refractivity contribution in [2.24, 2.45) is 0 Å². The van der Waals surface area contributed by atoms with Gasteiger partial charge in [-0.25, -0.2) is 0 Å². The van der Waals surface area contributed by atoms with Gasteiger partial charge < -0.3 is 5.32 Å². The Morgan fingerprint density at radius 2 is 2.04 bits per heavy atom. The van der Waals surface area contributed by atoms with Gasteiger partial charge >= 0.3 is 0 Å². The molecule has 0 saturated heterocycles. The summed E-state index contributed by atoms with van der Waals surface area (Å²) in [5.74, 6) is -0.304. The van der Waals surface area contributed by atoms with Gasteiger partial charge in [0.15, 0.2) is 5.69 Å². The topological polar surface area (TPSA) is 96.5 Å². The minimum Gasteiger partial charge on any atom is -0.319 e. The van der Waals surface area contributed by atoms with E-state index in [4.69, 9.17) is 0 Å². The molecule has 7 heteroatoms. The molecule has 0 atom stereocenters. The third-order valence-electron chi connectivity index (χ3n) is 3.81. The number of benzene rings is 1. The quantitative estimate of drug-likeness (QED) is 0.602. The molecule has 0 saturated carbocycles. The van der Waals surface area contributed by atoms with Crippen LogP contribution in [-0.4, -0.2) is 31.3 Å². The predicted octanol–water partition coefficient (Wildman–Crippen LogP) is 2.98. The second-order valence-electron chi connectivity index (χ2n) is 5.61. The van der Waals surface area contributed by atoms with Crippen LogP contribution < -0.4 is 5.32 Å². The lowest BCUT2D eigenvalue weighted by molar-refractivity contribution is 0.102. The van der Waals surface area contributed by atoms with Gasteiger partial charge in [-0.15, -0.1) is 0 Å². The zero-order valence-electron chi connectivity index (χ0n) is 13.4. The number of carbonyl (C=O) groups is 1. The third kappa shape index (κ3) is 2.94. The number of hydrogen-bond acceptors (Lipinski definition) is 5. The Balaban J connectivity index is 1.71. The Bertz CT molecular complexity index is 1060. The molecule has 3 heterocycles. The first kappa shape index (κ1) is 14.9. The van der Waals surface area contributed by atoms with E-state index in [1.807, 2.05) is 37.3 Å². The summed E-state index contributed by atoms with van der Waals surface area (Å²) in [5.41, 5.74) is 4.38. The van der Waals surface area contributed by atoms with Crippen LogP contribution in [0, 0.1) is 6.92 Å². The minimum absolute atomic E-state index is 0.304. The number of nitrogens with one attached hydrogen (secondary N) is 2. The zero-order chi connectivity index (χ0) is 17.2. The highest BCUT2D eigenvalue weighted by molar-refractivity contribution is 6.11. The summed E-state index contributed by atoms with van der Waals surface area (Å²) in [7, 11) is 0. The minimum atomic E-state index is -0.304. The SMILES string of the molecule is Cc1cc(NC(=O)c2n[nH]c3ccc(-c4cccnc4)cc23)cnn1. The number of H-pyrrole nitrogens is 1. The van der Waals surface area contributed by atoms with Gasteiger partial charge in [0.25, 0.3) is 5.91 Å². The van der Waals surface area contributed by atoms with E-state index in [0.29, 0.717) is 11.4 Å². The van der Waals surface area contributed by atoms with Gasteiger partial charge in [0, 0.05) is 23.3 Å². The molecule has 7 nitrogen and oxygen atoms in total. The van der Waals surface area contributed by atoms with Crippen molar-refractivity contribution in [3.63, 3.8) is 0 Å². The smallest absolute Gasteiger partial charge is 0.276 e. The van der Waals surface area contributed by atoms with Crippen molar-refractivity contribution >= 4 is 22.5 Å². The van der Waals surface area contributed by atoms with Gasteiger partial charge in [-0.05, 0) is 36.8 Å². The van der Waals surface area contributed by atoms with Crippen LogP contribution in [0.15, 0.2) is 55.0 Å². The predicted molar refractivity (Wildman–Crippen MR) is 94.0 cm³/mol. The Morgan fingerprint density at radius 3 is 2.84 bits per heavy atom. The molecule has 0 fully saturated rings. The lowest BCUT2D eigenvalue weighted by Gasteiger charge is -2.04. The van der Waals surface area contributed by atoms with Gasteiger partial charge in [0.1, 0.15) is 0 Å². The largest absolute Gasteiger partial charge is 0.319 e. The number of anilines is 1. The fraction of sp³-hybridized carbons (Fsp3) is 0.0556. The third-order valence-corrected chi connectivity index (χ3v) is 3.81. The molecule has 4 aromatic rings. The molecule has 1 amide bonds. The first-order chi connectivity index (χ1) is 12.2. The number of amides is 1. The Hall–Kier alpha value is -3.61. The molecular weight excluding hydrogens is 316 g/mol. The molecule has 0 aliphatic heterocycles. The van der Waals surface area contributed by atoms with Gasteiger partial charge in [-0.2, -0.15) is 15.3 Å². The number of aromatic nitrogens is 5. The second kappa shape index (κ2) is 6.12. The average Bonchev–Trinajstić information content (AvgIpc) is 3.06. The standard InChI is InChI=1S/C18H14N6O/c1-11-7-14(10-20-22-11)21-18(25)17-15-8-12(4-5-16(15)23-24-17)13-3-2-6-19-9-13/h2-10H,1H3,(H,23,24)(H,21,22,25). The molecule has 25 heavy (non-hydrogen) atoms. The van der Waals surface area contributed by atoms with Crippen molar-refractivity contribution in [2.75, 3.05) is 5.32 Å². The number of aryl methyl sites for hydroxylation is 1. The van der Waals surface area contributed by atoms with E-state index in [1.165, 1.54) is 6.20 Å². The first-order valence-electron chi connectivity index (χ1n) is 7.70. The van der Waals surface area contributed by atoms with Gasteiger partial charge in [-0.1, -0.05) is 12.1 Å². The number of pyridine rings is 1. The van der Waals surface area contributed by atoms with E-state index in [9.17, 15) is 4.79 Å². The summed E-state index contributed by atoms with van der Waals surface area (Å²) >= 11 is 0. The molecular formula is C18H14N6O. The van der Waals surface area contributed by atoms with Gasteiger partial charge in [-0.3, -0.25) is 14.9 Å². The van der Waals surface area contributed by atoms with Gasteiger partial charge in [0.05, 0.1) is 23.1 Å². The number of carbonyl (C=O) groups excluding carboxylic acids is 1. The Morgan fingerprint density at radius 1 is 1.12 bits per heavy atom. The molecule has 3 aromatic heterocycles. The number of fused-ring (bicyclic) bond motifs is 1. The highest BCUT2D eigenvalue weighted by atomic mass is 16.1. The maximum Gasteiger partial charge on any atom is 0.276 e. The van der Waals surface area contributed by atoms with Crippen LogP contribution in [0.2, 0.25) is 0 Å². The maximum atomic E-state index is 12.6. The fourth-order valence-corrected chi connectivity index (χ4v) is 2.63. The molecule has 1 aromatic carbocycles. The molecule has 0 unspecified atom stereocenters. The highest BCUT2D eigenvalue weighted by Gasteiger charge is 2.15. The van der Waals surface area contributed by atoms with E-state index in [0.717, 1.165) is 27.7 Å². The fourth-order valence-electron chi connectivity index (χ4n) is 2.63. The summed E-state index contributed by atoms with van der Waals surface area (Å²) in [4.78, 5) is 16.7. The molecule has 122 valence electrons. The van der Waals surface area contributed by atoms with Crippen LogP contribution in [0.4, 0.5) is 5.69 Å². The van der Waals surface area contributed by atoms with E-state index in [1.54, 1.807) is 18.5 Å². The van der Waals surface area contributed by atoms with Crippen LogP contribution in [0.3, 0.4) is 0 Å². The zero-order valence-corrected chi connectivity index (χ0v) is 13.4. The van der Waals surface area contributed by atoms with E-state index >= 15 is 0 Å². The highest BCUT2D eigenvalue weighted by Crippen LogP contribution is 2.25. The maximum absolute atomic E-state index is 12.6. The van der Waals surface area contributed by atoms with Crippen LogP contribution >= 0.6 is 0 Å². The molecule has 2 N–H and O–H groups in total. The van der Waals surface area contributed by atoms with Crippen LogP contribution in [0.1, 0.15) is 16.2 Å². The molecule has 0 spiro atoms. The monoisotopic (exact) mass is 330 g/mol. The van der Waals surface area contributed by atoms with Crippen molar-refractivity contribution in [3.05, 3.63) is 66.4 Å². The number of hydrogen-bond donors (Lipinski definition) is 2. The summed E-state index contributed by atoms with van der Waals surface area (Å²) in [6, 6.07) is 11.4. The van der Waals surface area contributed by atoms with Crippen molar-refractivity contribution in [1.29, 1.82) is 0 Å². The lowest BCUT2D eigenvalue weighted by atomic mass is 10.0. The molecule has 4 rings (SSSR count). The summed E-state index contributed by atoms with van der Waals surface area (Å²) in [5, 5.41) is 18.3. The number of rotatable bonds is 3. The summed E-state index contributed by atoms with van der Waals surface area (Å²) in [6.07, 6.45) is 5.01. The van der Waals surface area contributed by atoms with Crippen molar-refractivity contribution in [1.82, 2.24) is 25.4 Å². The van der Waals surface area contributed by atoms with E-state index in [-0.39, 0.29) is 5.91 Å².